The maximum absolute atomic E-state index is 12.0. The van der Waals surface area contributed by atoms with Gasteiger partial charge in [-0.15, -0.1) is 23.1 Å². The average molecular weight is 394 g/mol. The minimum atomic E-state index is -0.0571. The number of rotatable bonds is 4. The Morgan fingerprint density at radius 2 is 2.04 bits per heavy atom. The lowest BCUT2D eigenvalue weighted by atomic mass is 10.1. The molecule has 1 fully saturated rings. The number of aryl methyl sites for hydroxylation is 2. The predicted molar refractivity (Wildman–Crippen MR) is 113 cm³/mol. The van der Waals surface area contributed by atoms with Crippen LogP contribution in [0.2, 0.25) is 0 Å². The summed E-state index contributed by atoms with van der Waals surface area (Å²) in [5.74, 6) is 2.23. The molecular formula is C21H19N3OS2. The number of thiophene rings is 1. The molecule has 27 heavy (non-hydrogen) atoms. The first-order valence-corrected chi connectivity index (χ1v) is 10.9. The molecule has 0 amide bonds. The highest BCUT2D eigenvalue weighted by molar-refractivity contribution is 7.98. The molecule has 0 saturated heterocycles. The van der Waals surface area contributed by atoms with Crippen LogP contribution in [0, 0.1) is 13.8 Å². The van der Waals surface area contributed by atoms with Crippen LogP contribution in [-0.4, -0.2) is 15.0 Å². The summed E-state index contributed by atoms with van der Waals surface area (Å²) in [6.45, 7) is 4.30. The molecule has 136 valence electrons. The van der Waals surface area contributed by atoms with E-state index in [9.17, 15) is 4.79 Å². The van der Waals surface area contributed by atoms with Crippen molar-refractivity contribution in [2.24, 2.45) is 0 Å². The molecule has 6 heteroatoms. The van der Waals surface area contributed by atoms with Crippen molar-refractivity contribution in [1.82, 2.24) is 15.0 Å². The second-order valence-corrected chi connectivity index (χ2v) is 9.28. The molecule has 1 aromatic carbocycles. The Kier molecular flexibility index (Phi) is 4.06. The molecule has 0 aliphatic heterocycles. The van der Waals surface area contributed by atoms with E-state index in [4.69, 9.17) is 9.97 Å². The van der Waals surface area contributed by atoms with Crippen molar-refractivity contribution in [1.29, 1.82) is 0 Å². The van der Waals surface area contributed by atoms with Gasteiger partial charge in [-0.25, -0.2) is 9.97 Å². The predicted octanol–water partition coefficient (Wildman–Crippen LogP) is 5.32. The van der Waals surface area contributed by atoms with Crippen molar-refractivity contribution in [3.8, 4) is 0 Å². The third-order valence-corrected chi connectivity index (χ3v) is 7.28. The lowest BCUT2D eigenvalue weighted by Crippen LogP contribution is -2.06. The van der Waals surface area contributed by atoms with E-state index in [1.54, 1.807) is 29.2 Å². The van der Waals surface area contributed by atoms with Crippen molar-refractivity contribution >= 4 is 44.2 Å². The Bertz CT molecular complexity index is 1240. The lowest BCUT2D eigenvalue weighted by molar-refractivity contribution is 0.907. The van der Waals surface area contributed by atoms with Crippen molar-refractivity contribution in [3.05, 3.63) is 62.5 Å². The van der Waals surface area contributed by atoms with Crippen molar-refractivity contribution in [2.45, 2.75) is 43.4 Å². The van der Waals surface area contributed by atoms with Crippen LogP contribution >= 0.6 is 23.1 Å². The van der Waals surface area contributed by atoms with Crippen LogP contribution in [0.25, 0.3) is 21.1 Å². The molecule has 1 aliphatic rings. The van der Waals surface area contributed by atoms with Crippen LogP contribution < -0.4 is 5.56 Å². The highest BCUT2D eigenvalue weighted by Crippen LogP contribution is 2.42. The molecular weight excluding hydrogens is 374 g/mol. The van der Waals surface area contributed by atoms with Gasteiger partial charge in [-0.2, -0.15) is 0 Å². The van der Waals surface area contributed by atoms with Gasteiger partial charge in [0.25, 0.3) is 0 Å². The SMILES string of the molecule is Cc1sc2nc(C3CC3)nc(SCc3cc(=O)[nH]c4ccccc34)c2c1C. The number of hydrogen-bond donors (Lipinski definition) is 1. The highest BCUT2D eigenvalue weighted by atomic mass is 32.2. The minimum Gasteiger partial charge on any atom is -0.322 e. The number of thioether (sulfide) groups is 1. The standard InChI is InChI=1S/C21H19N3OS2/c1-11-12(2)27-21-18(11)20(23-19(24-21)13-7-8-13)26-10-14-9-17(25)22-16-6-4-3-5-15(14)16/h3-6,9,13H,7-8,10H2,1-2H3,(H,22,25). The number of pyridine rings is 1. The third-order valence-electron chi connectivity index (χ3n) is 5.16. The molecule has 1 N–H and O–H groups in total. The van der Waals surface area contributed by atoms with E-state index in [0.717, 1.165) is 37.9 Å². The maximum Gasteiger partial charge on any atom is 0.248 e. The zero-order chi connectivity index (χ0) is 18.5. The first kappa shape index (κ1) is 17.0. The third kappa shape index (κ3) is 3.07. The van der Waals surface area contributed by atoms with Crippen molar-refractivity contribution in [3.63, 3.8) is 0 Å². The van der Waals surface area contributed by atoms with Crippen LogP contribution in [0.3, 0.4) is 0 Å². The Morgan fingerprint density at radius 1 is 1.22 bits per heavy atom. The molecule has 0 radical (unpaired) electrons. The number of fused-ring (bicyclic) bond motifs is 2. The van der Waals surface area contributed by atoms with Crippen LogP contribution in [0.5, 0.6) is 0 Å². The first-order valence-electron chi connectivity index (χ1n) is 9.11. The summed E-state index contributed by atoms with van der Waals surface area (Å²) < 4.78 is 0. The van der Waals surface area contributed by atoms with E-state index in [2.05, 4.69) is 24.9 Å². The molecule has 0 bridgehead atoms. The Balaban J connectivity index is 1.58. The fourth-order valence-electron chi connectivity index (χ4n) is 3.40. The molecule has 5 rings (SSSR count). The van der Waals surface area contributed by atoms with Gasteiger partial charge in [0.05, 0.1) is 0 Å². The molecule has 3 heterocycles. The normalized spacial score (nSPS) is 14.3. The van der Waals surface area contributed by atoms with E-state index in [-0.39, 0.29) is 5.56 Å². The van der Waals surface area contributed by atoms with E-state index in [0.29, 0.717) is 5.92 Å². The monoisotopic (exact) mass is 393 g/mol. The largest absolute Gasteiger partial charge is 0.322 e. The van der Waals surface area contributed by atoms with Gasteiger partial charge in [0.15, 0.2) is 0 Å². The Labute approximate surface area is 165 Å². The van der Waals surface area contributed by atoms with Crippen LogP contribution in [0.1, 0.15) is 40.6 Å². The van der Waals surface area contributed by atoms with Crippen LogP contribution in [0.4, 0.5) is 0 Å². The van der Waals surface area contributed by atoms with Gasteiger partial charge in [0.2, 0.25) is 5.56 Å². The van der Waals surface area contributed by atoms with Gasteiger partial charge in [0.1, 0.15) is 15.7 Å². The Hall–Kier alpha value is -2.18. The lowest BCUT2D eigenvalue weighted by Gasteiger charge is -2.08. The summed E-state index contributed by atoms with van der Waals surface area (Å²) in [5.41, 5.74) is 3.15. The topological polar surface area (TPSA) is 58.6 Å². The molecule has 0 atom stereocenters. The molecule has 0 spiro atoms. The fourth-order valence-corrected chi connectivity index (χ4v) is 5.58. The summed E-state index contributed by atoms with van der Waals surface area (Å²) in [6, 6.07) is 9.68. The van der Waals surface area contributed by atoms with E-state index >= 15 is 0 Å². The highest BCUT2D eigenvalue weighted by Gasteiger charge is 2.28. The number of para-hydroxylation sites is 1. The van der Waals surface area contributed by atoms with E-state index in [1.807, 2.05) is 18.2 Å². The number of aromatic nitrogens is 3. The van der Waals surface area contributed by atoms with Crippen LogP contribution in [0.15, 0.2) is 40.2 Å². The molecule has 4 aromatic rings. The number of benzene rings is 1. The molecule has 1 aliphatic carbocycles. The zero-order valence-corrected chi connectivity index (χ0v) is 16.8. The number of aromatic amines is 1. The van der Waals surface area contributed by atoms with Gasteiger partial charge in [0, 0.05) is 38.9 Å². The number of H-pyrrole nitrogens is 1. The van der Waals surface area contributed by atoms with Gasteiger partial charge in [-0.05, 0) is 43.9 Å². The summed E-state index contributed by atoms with van der Waals surface area (Å²) >= 11 is 3.48. The summed E-state index contributed by atoms with van der Waals surface area (Å²) in [4.78, 5) is 27.1. The summed E-state index contributed by atoms with van der Waals surface area (Å²) in [5, 5.41) is 3.32. The fraction of sp³-hybridized carbons (Fsp3) is 0.286. The second-order valence-electron chi connectivity index (χ2n) is 7.12. The van der Waals surface area contributed by atoms with Crippen molar-refractivity contribution < 1.29 is 0 Å². The molecule has 1 saturated carbocycles. The quantitative estimate of drug-likeness (QED) is 0.377. The molecule has 3 aromatic heterocycles. The first-order chi connectivity index (χ1) is 13.1. The van der Waals surface area contributed by atoms with E-state index in [1.165, 1.54) is 28.7 Å². The molecule has 0 unspecified atom stereocenters. The maximum atomic E-state index is 12.0. The van der Waals surface area contributed by atoms with Gasteiger partial charge >= 0.3 is 0 Å². The number of hydrogen-bond acceptors (Lipinski definition) is 5. The van der Waals surface area contributed by atoms with Gasteiger partial charge in [-0.3, -0.25) is 4.79 Å². The number of nitrogens with zero attached hydrogens (tertiary/aromatic N) is 2. The van der Waals surface area contributed by atoms with Gasteiger partial charge < -0.3 is 4.98 Å². The smallest absolute Gasteiger partial charge is 0.248 e. The summed E-state index contributed by atoms with van der Waals surface area (Å²) in [6.07, 6.45) is 2.38. The zero-order valence-electron chi connectivity index (χ0n) is 15.2. The Morgan fingerprint density at radius 3 is 2.85 bits per heavy atom. The van der Waals surface area contributed by atoms with E-state index < -0.39 is 0 Å². The minimum absolute atomic E-state index is 0.0571. The molecule has 4 nitrogen and oxygen atoms in total. The average Bonchev–Trinajstić information content (AvgIpc) is 3.46. The van der Waals surface area contributed by atoms with Crippen molar-refractivity contribution in [2.75, 3.05) is 0 Å². The number of nitrogens with one attached hydrogen (secondary N) is 1. The van der Waals surface area contributed by atoms with Crippen LogP contribution in [-0.2, 0) is 5.75 Å². The summed E-state index contributed by atoms with van der Waals surface area (Å²) in [7, 11) is 0. The second kappa shape index (κ2) is 6.46. The van der Waals surface area contributed by atoms with Gasteiger partial charge in [-0.1, -0.05) is 18.2 Å².